The van der Waals surface area contributed by atoms with Crippen LogP contribution >= 0.6 is 0 Å². The van der Waals surface area contributed by atoms with Gasteiger partial charge in [0.1, 0.15) is 0 Å². The van der Waals surface area contributed by atoms with Gasteiger partial charge in [0.25, 0.3) is 5.91 Å². The summed E-state index contributed by atoms with van der Waals surface area (Å²) in [4.78, 5) is 19.0. The maximum absolute atomic E-state index is 12.7. The van der Waals surface area contributed by atoms with Crippen LogP contribution in [-0.2, 0) is 11.3 Å². The van der Waals surface area contributed by atoms with Gasteiger partial charge >= 0.3 is 0 Å². The summed E-state index contributed by atoms with van der Waals surface area (Å²) in [7, 11) is 3.18. The van der Waals surface area contributed by atoms with Crippen LogP contribution in [0.15, 0.2) is 48.5 Å². The van der Waals surface area contributed by atoms with Gasteiger partial charge in [-0.3, -0.25) is 9.69 Å². The maximum Gasteiger partial charge on any atom is 0.253 e. The Labute approximate surface area is 151 Å². The summed E-state index contributed by atoms with van der Waals surface area (Å²) in [5.41, 5.74) is 2.83. The van der Waals surface area contributed by atoms with Crippen molar-refractivity contribution in [3.8, 4) is 11.5 Å². The summed E-state index contributed by atoms with van der Waals surface area (Å²) in [6.07, 6.45) is 3.34. The molecule has 4 rings (SSSR count). The predicted molar refractivity (Wildman–Crippen MR) is 101 cm³/mol. The van der Waals surface area contributed by atoms with Crippen molar-refractivity contribution < 1.29 is 14.3 Å². The van der Waals surface area contributed by atoms with Crippen LogP contribution in [0.4, 0.5) is 5.95 Å². The SMILES string of the molecule is COc1ccc(/C=C/C(=O)N2CCn3c2nc2ccccc23)cc1OC. The third kappa shape index (κ3) is 2.69. The average molecular weight is 349 g/mol. The van der Waals surface area contributed by atoms with Crippen LogP contribution in [0.25, 0.3) is 17.1 Å². The lowest BCUT2D eigenvalue weighted by Crippen LogP contribution is -2.27. The second-order valence-corrected chi connectivity index (χ2v) is 5.99. The van der Waals surface area contributed by atoms with Gasteiger partial charge in [-0.25, -0.2) is 4.98 Å². The Kier molecular flexibility index (Phi) is 4.08. The first-order valence-corrected chi connectivity index (χ1v) is 8.38. The molecule has 2 heterocycles. The Hall–Kier alpha value is -3.28. The van der Waals surface area contributed by atoms with Gasteiger partial charge in [0.15, 0.2) is 11.5 Å². The average Bonchev–Trinajstić information content (AvgIpc) is 3.25. The normalized spacial score (nSPS) is 13.4. The second kappa shape index (κ2) is 6.55. The molecule has 132 valence electrons. The molecule has 1 aromatic heterocycles. The van der Waals surface area contributed by atoms with E-state index in [4.69, 9.17) is 9.47 Å². The van der Waals surface area contributed by atoms with Gasteiger partial charge in [-0.2, -0.15) is 0 Å². The molecule has 0 bridgehead atoms. The summed E-state index contributed by atoms with van der Waals surface area (Å²) >= 11 is 0. The second-order valence-electron chi connectivity index (χ2n) is 5.99. The molecule has 0 saturated heterocycles. The van der Waals surface area contributed by atoms with Gasteiger partial charge in [0, 0.05) is 19.2 Å². The lowest BCUT2D eigenvalue weighted by molar-refractivity contribution is -0.114. The number of nitrogens with zero attached hydrogens (tertiary/aromatic N) is 3. The molecule has 1 aliphatic heterocycles. The molecule has 26 heavy (non-hydrogen) atoms. The first-order chi connectivity index (χ1) is 12.7. The van der Waals surface area contributed by atoms with E-state index < -0.39 is 0 Å². The van der Waals surface area contributed by atoms with E-state index in [1.54, 1.807) is 31.3 Å². The molecule has 1 aliphatic rings. The Balaban J connectivity index is 1.57. The van der Waals surface area contributed by atoms with E-state index in [9.17, 15) is 4.79 Å². The molecule has 0 spiro atoms. The quantitative estimate of drug-likeness (QED) is 0.679. The third-order valence-electron chi connectivity index (χ3n) is 4.52. The zero-order valence-electron chi connectivity index (χ0n) is 14.7. The number of amides is 1. The first kappa shape index (κ1) is 16.2. The number of carbonyl (C=O) groups excluding carboxylic acids is 1. The number of aromatic nitrogens is 2. The van der Waals surface area contributed by atoms with Gasteiger partial charge in [-0.05, 0) is 35.9 Å². The fraction of sp³-hybridized carbons (Fsp3) is 0.200. The highest BCUT2D eigenvalue weighted by Gasteiger charge is 2.26. The molecular weight excluding hydrogens is 330 g/mol. The van der Waals surface area contributed by atoms with Crippen LogP contribution in [0.3, 0.4) is 0 Å². The lowest BCUT2D eigenvalue weighted by atomic mass is 10.2. The number of hydrogen-bond acceptors (Lipinski definition) is 4. The number of benzene rings is 2. The first-order valence-electron chi connectivity index (χ1n) is 8.38. The van der Waals surface area contributed by atoms with E-state index >= 15 is 0 Å². The minimum absolute atomic E-state index is 0.0890. The van der Waals surface area contributed by atoms with E-state index in [0.29, 0.717) is 24.0 Å². The highest BCUT2D eigenvalue weighted by molar-refractivity contribution is 6.04. The predicted octanol–water partition coefficient (Wildman–Crippen LogP) is 3.11. The van der Waals surface area contributed by atoms with Gasteiger partial charge in [0.2, 0.25) is 5.95 Å². The van der Waals surface area contributed by atoms with Crippen LogP contribution in [0.2, 0.25) is 0 Å². The van der Waals surface area contributed by atoms with E-state index in [2.05, 4.69) is 9.55 Å². The minimum atomic E-state index is -0.0890. The highest BCUT2D eigenvalue weighted by Crippen LogP contribution is 2.29. The molecule has 1 amide bonds. The highest BCUT2D eigenvalue weighted by atomic mass is 16.5. The Morgan fingerprint density at radius 3 is 2.69 bits per heavy atom. The van der Waals surface area contributed by atoms with Gasteiger partial charge in [-0.1, -0.05) is 18.2 Å². The molecule has 0 radical (unpaired) electrons. The molecule has 0 fully saturated rings. The summed E-state index contributed by atoms with van der Waals surface area (Å²) < 4.78 is 12.6. The molecule has 0 saturated carbocycles. The Morgan fingerprint density at radius 1 is 1.08 bits per heavy atom. The summed E-state index contributed by atoms with van der Waals surface area (Å²) in [6.45, 7) is 1.38. The number of hydrogen-bond donors (Lipinski definition) is 0. The fourth-order valence-electron chi connectivity index (χ4n) is 3.21. The van der Waals surface area contributed by atoms with E-state index in [0.717, 1.165) is 23.1 Å². The number of imidazole rings is 1. The fourth-order valence-corrected chi connectivity index (χ4v) is 3.21. The van der Waals surface area contributed by atoms with Crippen molar-refractivity contribution >= 4 is 29.0 Å². The molecule has 6 heteroatoms. The van der Waals surface area contributed by atoms with Crippen molar-refractivity contribution in [2.24, 2.45) is 0 Å². The number of methoxy groups -OCH3 is 2. The Morgan fingerprint density at radius 2 is 1.88 bits per heavy atom. The Bertz CT molecular complexity index is 1010. The summed E-state index contributed by atoms with van der Waals surface area (Å²) in [5.74, 6) is 1.90. The van der Waals surface area contributed by atoms with E-state index in [1.807, 2.05) is 42.5 Å². The number of para-hydroxylation sites is 2. The van der Waals surface area contributed by atoms with Crippen LogP contribution in [-0.4, -0.2) is 36.2 Å². The molecule has 0 atom stereocenters. The van der Waals surface area contributed by atoms with Crippen LogP contribution in [0.5, 0.6) is 11.5 Å². The molecule has 0 N–H and O–H groups in total. The molecule has 6 nitrogen and oxygen atoms in total. The number of ether oxygens (including phenoxy) is 2. The monoisotopic (exact) mass is 349 g/mol. The number of rotatable bonds is 4. The summed E-state index contributed by atoms with van der Waals surface area (Å²) in [5, 5.41) is 0. The molecule has 3 aromatic rings. The molecule has 0 aliphatic carbocycles. The van der Waals surface area contributed by atoms with Crippen molar-refractivity contribution in [2.75, 3.05) is 25.7 Å². The molecule has 2 aromatic carbocycles. The number of fused-ring (bicyclic) bond motifs is 3. The van der Waals surface area contributed by atoms with Gasteiger partial charge in [0.05, 0.1) is 25.3 Å². The van der Waals surface area contributed by atoms with Crippen molar-refractivity contribution in [1.82, 2.24) is 9.55 Å². The molecular formula is C20H19N3O3. The van der Waals surface area contributed by atoms with E-state index in [1.165, 1.54) is 0 Å². The summed E-state index contributed by atoms with van der Waals surface area (Å²) in [6, 6.07) is 13.5. The number of anilines is 1. The maximum atomic E-state index is 12.7. The number of carbonyl (C=O) groups is 1. The van der Waals surface area contributed by atoms with Gasteiger partial charge in [-0.15, -0.1) is 0 Å². The largest absolute Gasteiger partial charge is 0.493 e. The van der Waals surface area contributed by atoms with Crippen LogP contribution in [0.1, 0.15) is 5.56 Å². The van der Waals surface area contributed by atoms with Crippen molar-refractivity contribution in [3.05, 3.63) is 54.1 Å². The topological polar surface area (TPSA) is 56.6 Å². The van der Waals surface area contributed by atoms with Crippen LogP contribution in [0, 0.1) is 0 Å². The standard InChI is InChI=1S/C20H19N3O3/c1-25-17-9-7-14(13-18(17)26-2)8-10-19(24)23-12-11-22-16-6-4-3-5-15(16)21-20(22)23/h3-10,13H,11-12H2,1-2H3/b10-8+. The zero-order chi connectivity index (χ0) is 18.1. The van der Waals surface area contributed by atoms with Crippen molar-refractivity contribution in [1.29, 1.82) is 0 Å². The smallest absolute Gasteiger partial charge is 0.253 e. The molecule has 0 unspecified atom stereocenters. The van der Waals surface area contributed by atoms with Gasteiger partial charge < -0.3 is 14.0 Å². The van der Waals surface area contributed by atoms with Crippen molar-refractivity contribution in [2.45, 2.75) is 6.54 Å². The lowest BCUT2D eigenvalue weighted by Gasteiger charge is -2.11. The van der Waals surface area contributed by atoms with Crippen LogP contribution < -0.4 is 14.4 Å². The zero-order valence-corrected chi connectivity index (χ0v) is 14.7. The minimum Gasteiger partial charge on any atom is -0.493 e. The van der Waals surface area contributed by atoms with E-state index in [-0.39, 0.29) is 5.91 Å². The van der Waals surface area contributed by atoms with Crippen molar-refractivity contribution in [3.63, 3.8) is 0 Å². The third-order valence-corrected chi connectivity index (χ3v) is 4.52.